The molecule has 0 aliphatic heterocycles. The summed E-state index contributed by atoms with van der Waals surface area (Å²) in [7, 11) is 0. The minimum atomic E-state index is 0.271. The molecule has 1 N–H and O–H groups in total. The van der Waals surface area contributed by atoms with Crippen molar-refractivity contribution in [3.05, 3.63) is 35.4 Å². The highest BCUT2D eigenvalue weighted by Crippen LogP contribution is 2.23. The molecule has 0 unspecified atom stereocenters. The van der Waals surface area contributed by atoms with Gasteiger partial charge in [-0.25, -0.2) is 0 Å². The molecule has 1 aliphatic rings. The Kier molecular flexibility index (Phi) is 2.83. The van der Waals surface area contributed by atoms with Crippen molar-refractivity contribution in [2.75, 3.05) is 0 Å². The molecule has 0 spiro atoms. The quantitative estimate of drug-likeness (QED) is 0.796. The Hall–Kier alpha value is -0.820. The Morgan fingerprint density at radius 2 is 1.73 bits per heavy atom. The third-order valence-corrected chi connectivity index (χ3v) is 3.53. The van der Waals surface area contributed by atoms with Gasteiger partial charge < -0.3 is 5.32 Å². The van der Waals surface area contributed by atoms with Crippen LogP contribution >= 0.6 is 0 Å². The molecule has 0 saturated heterocycles. The smallest absolute Gasteiger partial charge is 0.0153 e. The van der Waals surface area contributed by atoms with Crippen molar-refractivity contribution in [3.63, 3.8) is 0 Å². The van der Waals surface area contributed by atoms with E-state index in [0.717, 1.165) is 0 Å². The molecular weight excluding hydrogens is 182 g/mol. The van der Waals surface area contributed by atoms with E-state index in [2.05, 4.69) is 50.4 Å². The summed E-state index contributed by atoms with van der Waals surface area (Å²) < 4.78 is 0. The van der Waals surface area contributed by atoms with E-state index in [4.69, 9.17) is 0 Å². The standard InChI is InChI=1S/C14H21N/c1-4-14(2,3)15-13-9-11-7-5-6-8-12(11)10-13/h5-8,13,15H,4,9-10H2,1-3H3. The predicted octanol–water partition coefficient (Wildman–Crippen LogP) is 2.93. The van der Waals surface area contributed by atoms with Crippen molar-refractivity contribution in [1.29, 1.82) is 0 Å². The maximum atomic E-state index is 3.75. The fraction of sp³-hybridized carbons (Fsp3) is 0.571. The van der Waals surface area contributed by atoms with Gasteiger partial charge in [-0.05, 0) is 44.2 Å². The van der Waals surface area contributed by atoms with Gasteiger partial charge in [-0.1, -0.05) is 31.2 Å². The molecule has 1 aliphatic carbocycles. The summed E-state index contributed by atoms with van der Waals surface area (Å²) in [5.74, 6) is 0. The van der Waals surface area contributed by atoms with Crippen LogP contribution in [-0.4, -0.2) is 11.6 Å². The number of benzene rings is 1. The molecule has 0 amide bonds. The first kappa shape index (κ1) is 10.7. The molecule has 0 atom stereocenters. The van der Waals surface area contributed by atoms with Crippen LogP contribution in [-0.2, 0) is 12.8 Å². The molecule has 1 aromatic carbocycles. The first-order valence-corrected chi connectivity index (χ1v) is 5.95. The first-order chi connectivity index (χ1) is 7.11. The largest absolute Gasteiger partial charge is 0.308 e. The SMILES string of the molecule is CCC(C)(C)NC1Cc2ccccc2C1. The van der Waals surface area contributed by atoms with E-state index in [0.29, 0.717) is 6.04 Å². The molecule has 0 heterocycles. The van der Waals surface area contributed by atoms with Crippen LogP contribution in [0.15, 0.2) is 24.3 Å². The average molecular weight is 203 g/mol. The number of rotatable bonds is 3. The maximum absolute atomic E-state index is 3.75. The molecule has 82 valence electrons. The van der Waals surface area contributed by atoms with E-state index in [1.54, 1.807) is 0 Å². The number of nitrogens with one attached hydrogen (secondary N) is 1. The summed E-state index contributed by atoms with van der Waals surface area (Å²) in [6.45, 7) is 6.82. The van der Waals surface area contributed by atoms with Crippen LogP contribution < -0.4 is 5.32 Å². The number of fused-ring (bicyclic) bond motifs is 1. The van der Waals surface area contributed by atoms with Crippen molar-refractivity contribution < 1.29 is 0 Å². The average Bonchev–Trinajstić information content (AvgIpc) is 2.58. The van der Waals surface area contributed by atoms with Crippen molar-refractivity contribution >= 4 is 0 Å². The molecule has 0 fully saturated rings. The van der Waals surface area contributed by atoms with E-state index in [-0.39, 0.29) is 5.54 Å². The highest BCUT2D eigenvalue weighted by atomic mass is 15.0. The molecule has 1 aromatic rings. The molecule has 0 aromatic heterocycles. The zero-order valence-electron chi connectivity index (χ0n) is 10.0. The molecule has 0 radical (unpaired) electrons. The van der Waals surface area contributed by atoms with Gasteiger partial charge in [0.1, 0.15) is 0 Å². The lowest BCUT2D eigenvalue weighted by Crippen LogP contribution is -2.45. The highest BCUT2D eigenvalue weighted by molar-refractivity contribution is 5.33. The summed E-state index contributed by atoms with van der Waals surface area (Å²) in [4.78, 5) is 0. The van der Waals surface area contributed by atoms with Gasteiger partial charge in [-0.2, -0.15) is 0 Å². The maximum Gasteiger partial charge on any atom is 0.0153 e. The summed E-state index contributed by atoms with van der Waals surface area (Å²) in [6, 6.07) is 9.45. The third kappa shape index (κ3) is 2.40. The van der Waals surface area contributed by atoms with Crippen molar-refractivity contribution in [3.8, 4) is 0 Å². The number of hydrogen-bond donors (Lipinski definition) is 1. The Balaban J connectivity index is 2.02. The van der Waals surface area contributed by atoms with Gasteiger partial charge >= 0.3 is 0 Å². The second kappa shape index (κ2) is 3.97. The van der Waals surface area contributed by atoms with E-state index in [9.17, 15) is 0 Å². The van der Waals surface area contributed by atoms with Crippen LogP contribution in [0.1, 0.15) is 38.3 Å². The third-order valence-electron chi connectivity index (χ3n) is 3.53. The Labute approximate surface area is 92.9 Å². The molecule has 2 rings (SSSR count). The fourth-order valence-electron chi connectivity index (χ4n) is 2.32. The van der Waals surface area contributed by atoms with Crippen LogP contribution in [0.2, 0.25) is 0 Å². The van der Waals surface area contributed by atoms with Gasteiger partial charge in [0.2, 0.25) is 0 Å². The van der Waals surface area contributed by atoms with Gasteiger partial charge in [0.05, 0.1) is 0 Å². The Morgan fingerprint density at radius 3 is 2.20 bits per heavy atom. The van der Waals surface area contributed by atoms with E-state index in [1.165, 1.54) is 30.4 Å². The molecule has 0 bridgehead atoms. The molecule has 1 nitrogen and oxygen atoms in total. The topological polar surface area (TPSA) is 12.0 Å². The summed E-state index contributed by atoms with van der Waals surface area (Å²) in [5.41, 5.74) is 3.33. The van der Waals surface area contributed by atoms with Gasteiger partial charge in [-0.15, -0.1) is 0 Å². The van der Waals surface area contributed by atoms with E-state index < -0.39 is 0 Å². The van der Waals surface area contributed by atoms with Gasteiger partial charge in [-0.3, -0.25) is 0 Å². The lowest BCUT2D eigenvalue weighted by atomic mass is 10.00. The molecule has 1 heteroatoms. The van der Waals surface area contributed by atoms with Crippen LogP contribution in [0.5, 0.6) is 0 Å². The van der Waals surface area contributed by atoms with Crippen LogP contribution in [0.3, 0.4) is 0 Å². The minimum absolute atomic E-state index is 0.271. The van der Waals surface area contributed by atoms with Crippen LogP contribution in [0.25, 0.3) is 0 Å². The summed E-state index contributed by atoms with van der Waals surface area (Å²) >= 11 is 0. The van der Waals surface area contributed by atoms with E-state index >= 15 is 0 Å². The summed E-state index contributed by atoms with van der Waals surface area (Å²) in [6.07, 6.45) is 3.57. The van der Waals surface area contributed by atoms with Crippen molar-refractivity contribution in [1.82, 2.24) is 5.32 Å². The zero-order valence-corrected chi connectivity index (χ0v) is 10.0. The monoisotopic (exact) mass is 203 g/mol. The van der Waals surface area contributed by atoms with Gasteiger partial charge in [0.15, 0.2) is 0 Å². The molecule has 0 saturated carbocycles. The predicted molar refractivity (Wildman–Crippen MR) is 65.1 cm³/mol. The Bertz CT molecular complexity index is 316. The van der Waals surface area contributed by atoms with Crippen LogP contribution in [0, 0.1) is 0 Å². The molecular formula is C14H21N. The highest BCUT2D eigenvalue weighted by Gasteiger charge is 2.25. The second-order valence-corrected chi connectivity index (χ2v) is 5.26. The zero-order chi connectivity index (χ0) is 10.9. The lowest BCUT2D eigenvalue weighted by molar-refractivity contribution is 0.328. The summed E-state index contributed by atoms with van der Waals surface area (Å²) in [5, 5.41) is 3.75. The van der Waals surface area contributed by atoms with Crippen molar-refractivity contribution in [2.24, 2.45) is 0 Å². The minimum Gasteiger partial charge on any atom is -0.308 e. The van der Waals surface area contributed by atoms with E-state index in [1.807, 2.05) is 0 Å². The fourth-order valence-corrected chi connectivity index (χ4v) is 2.32. The van der Waals surface area contributed by atoms with Crippen molar-refractivity contribution in [2.45, 2.75) is 51.6 Å². The number of hydrogen-bond acceptors (Lipinski definition) is 1. The van der Waals surface area contributed by atoms with Crippen LogP contribution in [0.4, 0.5) is 0 Å². The van der Waals surface area contributed by atoms with Gasteiger partial charge in [0.25, 0.3) is 0 Å². The van der Waals surface area contributed by atoms with Gasteiger partial charge in [0, 0.05) is 11.6 Å². The first-order valence-electron chi connectivity index (χ1n) is 5.95. The normalized spacial score (nSPS) is 16.7. The molecule has 15 heavy (non-hydrogen) atoms. The lowest BCUT2D eigenvalue weighted by Gasteiger charge is -2.28. The Morgan fingerprint density at radius 1 is 1.20 bits per heavy atom. The second-order valence-electron chi connectivity index (χ2n) is 5.26.